The van der Waals surface area contributed by atoms with Crippen molar-refractivity contribution in [1.29, 1.82) is 0 Å². The Morgan fingerprint density at radius 3 is 1.62 bits per heavy atom. The standard InChI is InChI=1S/C19H17Cl6N/c1-3-26(4-2)10-13(12-8-16(22)19(25)17(23)9-12)5-11-6-14(20)18(24)15(21)7-11/h5-9H,3-4,10H2,1-2H3. The van der Waals surface area contributed by atoms with Gasteiger partial charge in [-0.1, -0.05) is 83.5 Å². The van der Waals surface area contributed by atoms with Crippen LogP contribution in [0.4, 0.5) is 0 Å². The Bertz CT molecular complexity index is 781. The molecule has 2 aromatic carbocycles. The zero-order valence-corrected chi connectivity index (χ0v) is 18.8. The average Bonchev–Trinajstić information content (AvgIpc) is 2.60. The van der Waals surface area contributed by atoms with E-state index < -0.39 is 0 Å². The van der Waals surface area contributed by atoms with Crippen molar-refractivity contribution in [3.63, 3.8) is 0 Å². The molecule has 0 aliphatic heterocycles. The van der Waals surface area contributed by atoms with Crippen molar-refractivity contribution >= 4 is 81.3 Å². The molecule has 0 aromatic heterocycles. The van der Waals surface area contributed by atoms with Crippen molar-refractivity contribution in [1.82, 2.24) is 4.90 Å². The van der Waals surface area contributed by atoms with Crippen LogP contribution in [0.3, 0.4) is 0 Å². The van der Waals surface area contributed by atoms with Crippen molar-refractivity contribution < 1.29 is 0 Å². The van der Waals surface area contributed by atoms with Gasteiger partial charge in [0.15, 0.2) is 0 Å². The molecule has 7 heteroatoms. The number of halogens is 6. The number of hydrogen-bond acceptors (Lipinski definition) is 1. The first-order chi connectivity index (χ1) is 12.3. The fourth-order valence-electron chi connectivity index (χ4n) is 2.51. The van der Waals surface area contributed by atoms with Crippen molar-refractivity contribution in [3.8, 4) is 0 Å². The summed E-state index contributed by atoms with van der Waals surface area (Å²) in [5.41, 5.74) is 2.75. The minimum Gasteiger partial charge on any atom is -0.300 e. The second kappa shape index (κ2) is 9.89. The van der Waals surface area contributed by atoms with Crippen molar-refractivity contribution in [2.45, 2.75) is 13.8 Å². The molecule has 0 aliphatic carbocycles. The number of rotatable bonds is 6. The minimum atomic E-state index is 0.341. The third-order valence-corrected chi connectivity index (χ3v) is 6.38. The zero-order valence-electron chi connectivity index (χ0n) is 14.2. The van der Waals surface area contributed by atoms with Gasteiger partial charge in [-0.15, -0.1) is 0 Å². The summed E-state index contributed by atoms with van der Waals surface area (Å²) >= 11 is 36.9. The first-order valence-electron chi connectivity index (χ1n) is 7.99. The largest absolute Gasteiger partial charge is 0.300 e. The summed E-state index contributed by atoms with van der Waals surface area (Å²) in [7, 11) is 0. The zero-order chi connectivity index (χ0) is 19.4. The topological polar surface area (TPSA) is 3.24 Å². The molecule has 0 bridgehead atoms. The molecule has 0 heterocycles. The van der Waals surface area contributed by atoms with E-state index in [1.807, 2.05) is 18.2 Å². The average molecular weight is 472 g/mol. The summed E-state index contributed by atoms with van der Waals surface area (Å²) in [6.45, 7) is 6.74. The predicted octanol–water partition coefficient (Wildman–Crippen LogP) is 8.49. The van der Waals surface area contributed by atoms with Gasteiger partial charge in [0.2, 0.25) is 0 Å². The summed E-state index contributed by atoms with van der Waals surface area (Å²) in [5, 5.41) is 2.31. The predicted molar refractivity (Wildman–Crippen MR) is 119 cm³/mol. The summed E-state index contributed by atoms with van der Waals surface area (Å²) in [6.07, 6.45) is 2.00. The van der Waals surface area contributed by atoms with Crippen LogP contribution in [0.25, 0.3) is 11.6 Å². The van der Waals surface area contributed by atoms with Gasteiger partial charge in [-0.05, 0) is 60.1 Å². The Morgan fingerprint density at radius 2 is 1.19 bits per heavy atom. The molecule has 2 rings (SSSR count). The Hall–Kier alpha value is -0.120. The second-order valence-electron chi connectivity index (χ2n) is 5.68. The molecule has 0 spiro atoms. The van der Waals surface area contributed by atoms with E-state index in [0.29, 0.717) is 36.7 Å². The van der Waals surface area contributed by atoms with Gasteiger partial charge in [-0.3, -0.25) is 4.90 Å². The Kier molecular flexibility index (Phi) is 8.43. The molecular formula is C19H17Cl6N. The highest BCUT2D eigenvalue weighted by Crippen LogP contribution is 2.36. The van der Waals surface area contributed by atoms with Gasteiger partial charge < -0.3 is 0 Å². The molecular weight excluding hydrogens is 455 g/mol. The van der Waals surface area contributed by atoms with Crippen LogP contribution in [0.5, 0.6) is 0 Å². The number of nitrogens with zero attached hydrogens (tertiary/aromatic N) is 1. The lowest BCUT2D eigenvalue weighted by atomic mass is 10.0. The van der Waals surface area contributed by atoms with Gasteiger partial charge in [0, 0.05) is 6.54 Å². The highest BCUT2D eigenvalue weighted by Gasteiger charge is 2.13. The fraction of sp³-hybridized carbons (Fsp3) is 0.263. The molecule has 140 valence electrons. The highest BCUT2D eigenvalue weighted by molar-refractivity contribution is 6.48. The summed E-state index contributed by atoms with van der Waals surface area (Å²) in [6, 6.07) is 7.17. The third-order valence-electron chi connectivity index (χ3n) is 3.99. The van der Waals surface area contributed by atoms with E-state index in [0.717, 1.165) is 29.8 Å². The normalized spacial score (nSPS) is 12.1. The smallest absolute Gasteiger partial charge is 0.0778 e. The monoisotopic (exact) mass is 469 g/mol. The van der Waals surface area contributed by atoms with Crippen LogP contribution in [-0.4, -0.2) is 24.5 Å². The molecule has 0 saturated heterocycles. The molecule has 1 nitrogen and oxygen atoms in total. The van der Waals surface area contributed by atoms with Gasteiger partial charge in [-0.2, -0.15) is 0 Å². The molecule has 0 saturated carbocycles. The SMILES string of the molecule is CCN(CC)CC(=Cc1cc(Cl)c(Cl)c(Cl)c1)c1cc(Cl)c(Cl)c(Cl)c1. The number of benzene rings is 2. The Labute approximate surface area is 184 Å². The van der Waals surface area contributed by atoms with Crippen LogP contribution in [0, 0.1) is 0 Å². The van der Waals surface area contributed by atoms with E-state index in [4.69, 9.17) is 69.6 Å². The Morgan fingerprint density at radius 1 is 0.769 bits per heavy atom. The van der Waals surface area contributed by atoms with Crippen molar-refractivity contribution in [3.05, 3.63) is 65.5 Å². The van der Waals surface area contributed by atoms with Gasteiger partial charge in [0.1, 0.15) is 0 Å². The molecule has 0 aliphatic rings. The molecule has 26 heavy (non-hydrogen) atoms. The molecule has 2 aromatic rings. The molecule has 0 fully saturated rings. The third kappa shape index (κ3) is 5.45. The number of hydrogen-bond donors (Lipinski definition) is 0. The summed E-state index contributed by atoms with van der Waals surface area (Å²) < 4.78 is 0. The van der Waals surface area contributed by atoms with Gasteiger partial charge in [0.25, 0.3) is 0 Å². The van der Waals surface area contributed by atoms with E-state index in [9.17, 15) is 0 Å². The lowest BCUT2D eigenvalue weighted by molar-refractivity contribution is 0.342. The van der Waals surface area contributed by atoms with Crippen LogP contribution in [0.15, 0.2) is 24.3 Å². The molecule has 0 amide bonds. The fourth-order valence-corrected chi connectivity index (χ4v) is 3.72. The molecule has 0 radical (unpaired) electrons. The van der Waals surface area contributed by atoms with E-state index >= 15 is 0 Å². The van der Waals surface area contributed by atoms with E-state index in [-0.39, 0.29) is 0 Å². The van der Waals surface area contributed by atoms with Crippen molar-refractivity contribution in [2.75, 3.05) is 19.6 Å². The summed E-state index contributed by atoms with van der Waals surface area (Å²) in [5.74, 6) is 0. The van der Waals surface area contributed by atoms with E-state index in [1.54, 1.807) is 12.1 Å². The Balaban J connectivity index is 2.57. The molecule has 0 unspecified atom stereocenters. The maximum Gasteiger partial charge on any atom is 0.0778 e. The van der Waals surface area contributed by atoms with Crippen LogP contribution in [-0.2, 0) is 0 Å². The first-order valence-corrected chi connectivity index (χ1v) is 10.3. The van der Waals surface area contributed by atoms with Gasteiger partial charge >= 0.3 is 0 Å². The lowest BCUT2D eigenvalue weighted by Crippen LogP contribution is -2.24. The van der Waals surface area contributed by atoms with Gasteiger partial charge in [-0.25, -0.2) is 0 Å². The van der Waals surface area contributed by atoms with E-state index in [2.05, 4.69) is 18.7 Å². The van der Waals surface area contributed by atoms with Crippen LogP contribution < -0.4 is 0 Å². The molecule has 0 N–H and O–H groups in total. The van der Waals surface area contributed by atoms with E-state index in [1.165, 1.54) is 0 Å². The maximum absolute atomic E-state index is 6.22. The van der Waals surface area contributed by atoms with Crippen LogP contribution in [0.2, 0.25) is 30.1 Å². The second-order valence-corrected chi connectivity index (χ2v) is 8.07. The maximum atomic E-state index is 6.22. The summed E-state index contributed by atoms with van der Waals surface area (Å²) in [4.78, 5) is 2.28. The van der Waals surface area contributed by atoms with Gasteiger partial charge in [0.05, 0.1) is 30.1 Å². The van der Waals surface area contributed by atoms with Crippen LogP contribution in [0.1, 0.15) is 25.0 Å². The minimum absolute atomic E-state index is 0.341. The highest BCUT2D eigenvalue weighted by atomic mass is 35.5. The quantitative estimate of drug-likeness (QED) is 0.301. The van der Waals surface area contributed by atoms with Crippen LogP contribution >= 0.6 is 69.6 Å². The molecule has 0 atom stereocenters. The first kappa shape index (κ1) is 22.2. The lowest BCUT2D eigenvalue weighted by Gasteiger charge is -2.21. The number of likely N-dealkylation sites (N-methyl/N-ethyl adjacent to an activating group) is 1. The van der Waals surface area contributed by atoms with Crippen molar-refractivity contribution in [2.24, 2.45) is 0 Å².